The Morgan fingerprint density at radius 1 is 1.50 bits per heavy atom. The lowest BCUT2D eigenvalue weighted by molar-refractivity contribution is -0.142. The van der Waals surface area contributed by atoms with Gasteiger partial charge in [0, 0.05) is 6.20 Å². The number of hydrogen-bond acceptors (Lipinski definition) is 5. The van der Waals surface area contributed by atoms with Crippen LogP contribution in [0.4, 0.5) is 5.82 Å². The van der Waals surface area contributed by atoms with Crippen LogP contribution >= 0.6 is 0 Å². The second-order valence-electron chi connectivity index (χ2n) is 3.82. The molecule has 0 aliphatic heterocycles. The van der Waals surface area contributed by atoms with Crippen molar-refractivity contribution in [3.63, 3.8) is 0 Å². The van der Waals surface area contributed by atoms with E-state index in [0.717, 1.165) is 0 Å². The van der Waals surface area contributed by atoms with Gasteiger partial charge in [-0.25, -0.2) is 4.98 Å². The summed E-state index contributed by atoms with van der Waals surface area (Å²) in [7, 11) is 1.57. The van der Waals surface area contributed by atoms with Gasteiger partial charge >= 0.3 is 5.97 Å². The Balaban J connectivity index is 2.36. The van der Waals surface area contributed by atoms with Gasteiger partial charge in [-0.05, 0) is 26.1 Å². The molecule has 7 heteroatoms. The van der Waals surface area contributed by atoms with E-state index in [4.69, 9.17) is 5.11 Å². The maximum atomic E-state index is 11.5. The average molecular weight is 252 g/mol. The first kappa shape index (κ1) is 13.9. The van der Waals surface area contributed by atoms with E-state index >= 15 is 0 Å². The van der Waals surface area contributed by atoms with Gasteiger partial charge in [0.05, 0.1) is 6.54 Å². The molecule has 7 nitrogen and oxygen atoms in total. The lowest BCUT2D eigenvalue weighted by Gasteiger charge is -2.20. The first-order valence-corrected chi connectivity index (χ1v) is 5.39. The third-order valence-electron chi connectivity index (χ3n) is 2.41. The SMILES string of the molecule is CC(C(=O)O)N(C)CC(=O)NNc1ccccn1. The number of hydrogen-bond donors (Lipinski definition) is 3. The van der Waals surface area contributed by atoms with Gasteiger partial charge in [0.1, 0.15) is 11.9 Å². The molecule has 1 rings (SSSR count). The lowest BCUT2D eigenvalue weighted by Crippen LogP contribution is -2.44. The number of carboxylic acid groups (broad SMARTS) is 1. The van der Waals surface area contributed by atoms with Crippen molar-refractivity contribution in [2.24, 2.45) is 0 Å². The topological polar surface area (TPSA) is 94.6 Å². The van der Waals surface area contributed by atoms with E-state index < -0.39 is 12.0 Å². The first-order valence-electron chi connectivity index (χ1n) is 5.39. The van der Waals surface area contributed by atoms with Crippen LogP contribution in [0.3, 0.4) is 0 Å². The highest BCUT2D eigenvalue weighted by atomic mass is 16.4. The fourth-order valence-corrected chi connectivity index (χ4v) is 1.16. The summed E-state index contributed by atoms with van der Waals surface area (Å²) in [4.78, 5) is 27.6. The summed E-state index contributed by atoms with van der Waals surface area (Å²) in [5.74, 6) is -0.793. The van der Waals surface area contributed by atoms with E-state index in [-0.39, 0.29) is 12.5 Å². The van der Waals surface area contributed by atoms with Crippen molar-refractivity contribution in [3.8, 4) is 0 Å². The molecule has 0 bridgehead atoms. The summed E-state index contributed by atoms with van der Waals surface area (Å²) in [6, 6.07) is 4.52. The van der Waals surface area contributed by atoms with Gasteiger partial charge in [-0.2, -0.15) is 0 Å². The number of amides is 1. The van der Waals surface area contributed by atoms with Crippen LogP contribution in [0.2, 0.25) is 0 Å². The lowest BCUT2D eigenvalue weighted by atomic mass is 10.3. The van der Waals surface area contributed by atoms with Crippen LogP contribution in [0.5, 0.6) is 0 Å². The highest BCUT2D eigenvalue weighted by Crippen LogP contribution is 1.98. The zero-order chi connectivity index (χ0) is 13.5. The van der Waals surface area contributed by atoms with E-state index in [1.807, 2.05) is 0 Å². The van der Waals surface area contributed by atoms with E-state index in [1.54, 1.807) is 31.4 Å². The van der Waals surface area contributed by atoms with Gasteiger partial charge in [-0.15, -0.1) is 0 Å². The largest absolute Gasteiger partial charge is 0.480 e. The Labute approximate surface area is 105 Å². The summed E-state index contributed by atoms with van der Waals surface area (Å²) in [5, 5.41) is 8.77. The van der Waals surface area contributed by atoms with E-state index in [1.165, 1.54) is 11.8 Å². The number of carboxylic acids is 1. The molecule has 0 aliphatic carbocycles. The maximum Gasteiger partial charge on any atom is 0.320 e. The molecule has 1 aromatic heterocycles. The Morgan fingerprint density at radius 3 is 2.78 bits per heavy atom. The van der Waals surface area contributed by atoms with Crippen molar-refractivity contribution >= 4 is 17.7 Å². The van der Waals surface area contributed by atoms with E-state index in [9.17, 15) is 9.59 Å². The van der Waals surface area contributed by atoms with Gasteiger partial charge < -0.3 is 5.11 Å². The number of anilines is 1. The van der Waals surface area contributed by atoms with E-state index in [0.29, 0.717) is 5.82 Å². The van der Waals surface area contributed by atoms with E-state index in [2.05, 4.69) is 15.8 Å². The monoisotopic (exact) mass is 252 g/mol. The summed E-state index contributed by atoms with van der Waals surface area (Å²) < 4.78 is 0. The minimum atomic E-state index is -0.969. The fourth-order valence-electron chi connectivity index (χ4n) is 1.16. The Hall–Kier alpha value is -2.15. The number of nitrogens with zero attached hydrogens (tertiary/aromatic N) is 2. The zero-order valence-corrected chi connectivity index (χ0v) is 10.3. The molecule has 0 aliphatic rings. The molecule has 1 amide bonds. The Kier molecular flexibility index (Phi) is 5.06. The standard InChI is InChI=1S/C11H16N4O3/c1-8(11(17)18)15(2)7-10(16)14-13-9-5-3-4-6-12-9/h3-6,8H,7H2,1-2H3,(H,12,13)(H,14,16)(H,17,18). The second-order valence-corrected chi connectivity index (χ2v) is 3.82. The van der Waals surface area contributed by atoms with Gasteiger partial charge in [0.15, 0.2) is 0 Å². The molecule has 1 heterocycles. The third-order valence-corrected chi connectivity index (χ3v) is 2.41. The number of carbonyl (C=O) groups is 2. The number of hydrazine groups is 1. The highest BCUT2D eigenvalue weighted by Gasteiger charge is 2.18. The zero-order valence-electron chi connectivity index (χ0n) is 10.3. The normalized spacial score (nSPS) is 11.9. The van der Waals surface area contributed by atoms with Crippen LogP contribution in [0, 0.1) is 0 Å². The molecule has 1 atom stereocenters. The summed E-state index contributed by atoms with van der Waals surface area (Å²) in [6.45, 7) is 1.50. The van der Waals surface area contributed by atoms with Gasteiger partial charge in [0.25, 0.3) is 5.91 Å². The number of rotatable bonds is 6. The number of aromatic nitrogens is 1. The molecule has 0 saturated heterocycles. The molecule has 0 aromatic carbocycles. The highest BCUT2D eigenvalue weighted by molar-refractivity contribution is 5.80. The molecule has 98 valence electrons. The number of likely N-dealkylation sites (N-methyl/N-ethyl adjacent to an activating group) is 1. The minimum Gasteiger partial charge on any atom is -0.480 e. The number of carbonyl (C=O) groups excluding carboxylic acids is 1. The van der Waals surface area contributed by atoms with Crippen LogP contribution in [-0.4, -0.2) is 46.5 Å². The predicted octanol–water partition coefficient (Wildman–Crippen LogP) is -0.0704. The molecule has 3 N–H and O–H groups in total. The van der Waals surface area contributed by atoms with Gasteiger partial charge in [-0.3, -0.25) is 25.3 Å². The number of pyridine rings is 1. The average Bonchev–Trinajstić information content (AvgIpc) is 2.36. The van der Waals surface area contributed by atoms with Crippen LogP contribution in [0.25, 0.3) is 0 Å². The molecular formula is C11H16N4O3. The molecule has 1 unspecified atom stereocenters. The summed E-state index contributed by atoms with van der Waals surface area (Å²) >= 11 is 0. The van der Waals surface area contributed by atoms with Crippen molar-refractivity contribution in [2.75, 3.05) is 19.0 Å². The van der Waals surface area contributed by atoms with Crippen LogP contribution in [0.1, 0.15) is 6.92 Å². The number of aliphatic carboxylic acids is 1. The van der Waals surface area contributed by atoms with Crippen molar-refractivity contribution < 1.29 is 14.7 Å². The van der Waals surface area contributed by atoms with Crippen molar-refractivity contribution in [1.29, 1.82) is 0 Å². The molecule has 18 heavy (non-hydrogen) atoms. The smallest absolute Gasteiger partial charge is 0.320 e. The molecule has 0 spiro atoms. The maximum absolute atomic E-state index is 11.5. The van der Waals surface area contributed by atoms with Gasteiger partial charge in [-0.1, -0.05) is 6.07 Å². The molecule has 0 saturated carbocycles. The third kappa shape index (κ3) is 4.38. The van der Waals surface area contributed by atoms with Crippen molar-refractivity contribution in [2.45, 2.75) is 13.0 Å². The van der Waals surface area contributed by atoms with Crippen LogP contribution < -0.4 is 10.9 Å². The molecule has 1 aromatic rings. The summed E-state index contributed by atoms with van der Waals surface area (Å²) in [6.07, 6.45) is 1.59. The quantitative estimate of drug-likeness (QED) is 0.613. The number of nitrogens with one attached hydrogen (secondary N) is 2. The fraction of sp³-hybridized carbons (Fsp3) is 0.364. The van der Waals surface area contributed by atoms with Crippen LogP contribution in [0.15, 0.2) is 24.4 Å². The molecular weight excluding hydrogens is 236 g/mol. The molecule has 0 radical (unpaired) electrons. The summed E-state index contributed by atoms with van der Waals surface area (Å²) in [5.41, 5.74) is 5.07. The Bertz CT molecular complexity index is 410. The minimum absolute atomic E-state index is 0.0205. The Morgan fingerprint density at radius 2 is 2.22 bits per heavy atom. The van der Waals surface area contributed by atoms with Crippen molar-refractivity contribution in [1.82, 2.24) is 15.3 Å². The first-order chi connectivity index (χ1) is 8.50. The molecule has 0 fully saturated rings. The predicted molar refractivity (Wildman–Crippen MR) is 65.7 cm³/mol. The second kappa shape index (κ2) is 6.55. The van der Waals surface area contributed by atoms with Crippen LogP contribution in [-0.2, 0) is 9.59 Å². The van der Waals surface area contributed by atoms with Crippen molar-refractivity contribution in [3.05, 3.63) is 24.4 Å². The van der Waals surface area contributed by atoms with Gasteiger partial charge in [0.2, 0.25) is 0 Å².